The van der Waals surface area contributed by atoms with Gasteiger partial charge in [-0.3, -0.25) is 14.4 Å². The Morgan fingerprint density at radius 1 is 1.22 bits per heavy atom. The van der Waals surface area contributed by atoms with E-state index in [0.29, 0.717) is 18.8 Å². The highest BCUT2D eigenvalue weighted by molar-refractivity contribution is 6.39. The monoisotopic (exact) mass is 317 g/mol. The van der Waals surface area contributed by atoms with Crippen molar-refractivity contribution in [3.8, 4) is 0 Å². The first-order chi connectivity index (χ1) is 10.9. The first-order valence-corrected chi connectivity index (χ1v) is 7.97. The molecule has 1 heterocycles. The molecule has 0 atom stereocenters. The van der Waals surface area contributed by atoms with Gasteiger partial charge in [0.1, 0.15) is 0 Å². The lowest BCUT2D eigenvalue weighted by Gasteiger charge is -2.31. The molecular weight excluding hydrogens is 294 g/mol. The topological polar surface area (TPSA) is 78.5 Å². The minimum Gasteiger partial charge on any atom is -0.348 e. The molecule has 6 nitrogen and oxygen atoms in total. The molecule has 0 bridgehead atoms. The molecule has 3 amide bonds. The van der Waals surface area contributed by atoms with Crippen molar-refractivity contribution in [3.63, 3.8) is 0 Å². The number of carbonyl (C=O) groups is 3. The van der Waals surface area contributed by atoms with Crippen LogP contribution in [0.25, 0.3) is 0 Å². The molecule has 0 saturated carbocycles. The molecule has 1 aromatic carbocycles. The highest BCUT2D eigenvalue weighted by atomic mass is 16.2. The highest BCUT2D eigenvalue weighted by Gasteiger charge is 2.24. The molecule has 0 radical (unpaired) electrons. The first-order valence-electron chi connectivity index (χ1n) is 7.97. The summed E-state index contributed by atoms with van der Waals surface area (Å²) in [4.78, 5) is 37.3. The van der Waals surface area contributed by atoms with Gasteiger partial charge >= 0.3 is 11.8 Å². The Kier molecular flexibility index (Phi) is 5.36. The van der Waals surface area contributed by atoms with Gasteiger partial charge in [0.25, 0.3) is 0 Å². The van der Waals surface area contributed by atoms with Crippen LogP contribution in [0, 0.1) is 5.92 Å². The molecule has 0 spiro atoms. The summed E-state index contributed by atoms with van der Waals surface area (Å²) >= 11 is 0. The number of fused-ring (bicyclic) bond motifs is 1. The van der Waals surface area contributed by atoms with Gasteiger partial charge in [-0.2, -0.15) is 0 Å². The van der Waals surface area contributed by atoms with Crippen LogP contribution in [-0.4, -0.2) is 30.8 Å². The third kappa shape index (κ3) is 3.88. The van der Waals surface area contributed by atoms with Crippen molar-refractivity contribution in [2.24, 2.45) is 5.92 Å². The molecule has 0 aromatic heterocycles. The van der Waals surface area contributed by atoms with E-state index in [1.807, 2.05) is 26.0 Å². The smallest absolute Gasteiger partial charge is 0.313 e. The molecule has 2 N–H and O–H groups in total. The van der Waals surface area contributed by atoms with Gasteiger partial charge in [0, 0.05) is 30.4 Å². The largest absolute Gasteiger partial charge is 0.348 e. The summed E-state index contributed by atoms with van der Waals surface area (Å²) in [6.07, 6.45) is 1.74. The molecule has 6 heteroatoms. The number of aryl methyl sites for hydroxylation is 1. The molecule has 23 heavy (non-hydrogen) atoms. The summed E-state index contributed by atoms with van der Waals surface area (Å²) in [7, 11) is 0. The van der Waals surface area contributed by atoms with Crippen molar-refractivity contribution < 1.29 is 14.4 Å². The van der Waals surface area contributed by atoms with Gasteiger partial charge in [-0.1, -0.05) is 13.8 Å². The van der Waals surface area contributed by atoms with E-state index in [1.54, 1.807) is 17.9 Å². The van der Waals surface area contributed by atoms with Crippen molar-refractivity contribution in [2.45, 2.75) is 33.6 Å². The Morgan fingerprint density at radius 2 is 1.96 bits per heavy atom. The minimum absolute atomic E-state index is 0.0573. The summed E-state index contributed by atoms with van der Waals surface area (Å²) in [6.45, 7) is 6.65. The maximum Gasteiger partial charge on any atom is 0.313 e. The van der Waals surface area contributed by atoms with Crippen LogP contribution in [0.15, 0.2) is 18.2 Å². The number of carbonyl (C=O) groups excluding carboxylic acids is 3. The second kappa shape index (κ2) is 7.26. The van der Waals surface area contributed by atoms with Crippen molar-refractivity contribution in [1.29, 1.82) is 0 Å². The Morgan fingerprint density at radius 3 is 2.61 bits per heavy atom. The summed E-state index contributed by atoms with van der Waals surface area (Å²) in [5.74, 6) is -1.29. The van der Waals surface area contributed by atoms with Crippen LogP contribution in [0.4, 0.5) is 11.4 Å². The zero-order chi connectivity index (χ0) is 17.0. The van der Waals surface area contributed by atoms with Crippen LogP contribution in [0.1, 0.15) is 32.8 Å². The summed E-state index contributed by atoms with van der Waals surface area (Å²) in [6, 6.07) is 5.40. The van der Waals surface area contributed by atoms with E-state index in [-0.39, 0.29) is 11.8 Å². The second-order valence-electron chi connectivity index (χ2n) is 5.91. The van der Waals surface area contributed by atoms with Crippen LogP contribution >= 0.6 is 0 Å². The van der Waals surface area contributed by atoms with Crippen LogP contribution < -0.4 is 15.5 Å². The van der Waals surface area contributed by atoms with E-state index in [1.165, 1.54) is 0 Å². The molecule has 0 aliphatic carbocycles. The Bertz CT molecular complexity index is 626. The predicted octanol–water partition coefficient (Wildman–Crippen LogP) is 1.70. The summed E-state index contributed by atoms with van der Waals surface area (Å²) < 4.78 is 0. The SMILES string of the molecule is CCNC(=O)C(=O)Nc1ccc2c(c1)CCCN2C(=O)C(C)C. The number of amides is 3. The standard InChI is InChI=1S/C17H23N3O3/c1-4-18-15(21)16(22)19-13-7-8-14-12(10-13)6-5-9-20(14)17(23)11(2)3/h7-8,10-11H,4-6,9H2,1-3H3,(H,18,21)(H,19,22). The third-order valence-corrected chi connectivity index (χ3v) is 3.76. The number of benzene rings is 1. The molecule has 0 fully saturated rings. The predicted molar refractivity (Wildman–Crippen MR) is 89.3 cm³/mol. The molecule has 0 unspecified atom stereocenters. The van der Waals surface area contributed by atoms with Gasteiger partial charge < -0.3 is 15.5 Å². The van der Waals surface area contributed by atoms with E-state index < -0.39 is 11.8 Å². The van der Waals surface area contributed by atoms with Crippen LogP contribution in [0.5, 0.6) is 0 Å². The molecule has 0 saturated heterocycles. The molecule has 1 aromatic rings. The van der Waals surface area contributed by atoms with Gasteiger partial charge in [-0.05, 0) is 43.5 Å². The van der Waals surface area contributed by atoms with Crippen LogP contribution in [0.3, 0.4) is 0 Å². The first kappa shape index (κ1) is 17.0. The van der Waals surface area contributed by atoms with E-state index in [4.69, 9.17) is 0 Å². The zero-order valence-electron chi connectivity index (χ0n) is 13.8. The van der Waals surface area contributed by atoms with Crippen LogP contribution in [0.2, 0.25) is 0 Å². The zero-order valence-corrected chi connectivity index (χ0v) is 13.8. The maximum absolute atomic E-state index is 12.3. The van der Waals surface area contributed by atoms with E-state index in [9.17, 15) is 14.4 Å². The fraction of sp³-hybridized carbons (Fsp3) is 0.471. The summed E-state index contributed by atoms with van der Waals surface area (Å²) in [5.41, 5.74) is 2.48. The van der Waals surface area contributed by atoms with Gasteiger partial charge in [0.05, 0.1) is 0 Å². The number of likely N-dealkylation sites (N-methyl/N-ethyl adjacent to an activating group) is 1. The lowest BCUT2D eigenvalue weighted by molar-refractivity contribution is -0.136. The van der Waals surface area contributed by atoms with Gasteiger partial charge in [0.2, 0.25) is 5.91 Å². The fourth-order valence-corrected chi connectivity index (χ4v) is 2.64. The lowest BCUT2D eigenvalue weighted by Crippen LogP contribution is -2.38. The number of nitrogens with zero attached hydrogens (tertiary/aromatic N) is 1. The Balaban J connectivity index is 2.18. The van der Waals surface area contributed by atoms with Gasteiger partial charge in [-0.15, -0.1) is 0 Å². The number of nitrogens with one attached hydrogen (secondary N) is 2. The van der Waals surface area contributed by atoms with Crippen molar-refractivity contribution in [3.05, 3.63) is 23.8 Å². The second-order valence-corrected chi connectivity index (χ2v) is 5.91. The average Bonchev–Trinajstić information content (AvgIpc) is 2.53. The Hall–Kier alpha value is -2.37. The minimum atomic E-state index is -0.683. The third-order valence-electron chi connectivity index (χ3n) is 3.76. The molecule has 2 rings (SSSR count). The Labute approximate surface area is 136 Å². The molecular formula is C17H23N3O3. The van der Waals surface area contributed by atoms with E-state index in [2.05, 4.69) is 10.6 Å². The fourth-order valence-electron chi connectivity index (χ4n) is 2.64. The quantitative estimate of drug-likeness (QED) is 0.833. The summed E-state index contributed by atoms with van der Waals surface area (Å²) in [5, 5.41) is 5.05. The number of rotatable bonds is 3. The molecule has 1 aliphatic heterocycles. The normalized spacial score (nSPS) is 13.5. The van der Waals surface area contributed by atoms with Crippen LogP contribution in [-0.2, 0) is 20.8 Å². The van der Waals surface area contributed by atoms with Crippen molar-refractivity contribution in [1.82, 2.24) is 5.32 Å². The van der Waals surface area contributed by atoms with E-state index >= 15 is 0 Å². The molecule has 1 aliphatic rings. The molecule has 124 valence electrons. The maximum atomic E-state index is 12.3. The number of anilines is 2. The number of hydrogen-bond donors (Lipinski definition) is 2. The highest BCUT2D eigenvalue weighted by Crippen LogP contribution is 2.30. The van der Waals surface area contributed by atoms with Gasteiger partial charge in [-0.25, -0.2) is 0 Å². The lowest BCUT2D eigenvalue weighted by atomic mass is 9.99. The van der Waals surface area contributed by atoms with Crippen molar-refractivity contribution >= 4 is 29.1 Å². The van der Waals surface area contributed by atoms with E-state index in [0.717, 1.165) is 24.1 Å². The van der Waals surface area contributed by atoms with Gasteiger partial charge in [0.15, 0.2) is 0 Å². The van der Waals surface area contributed by atoms with Crippen molar-refractivity contribution in [2.75, 3.05) is 23.3 Å². The number of hydrogen-bond acceptors (Lipinski definition) is 3. The average molecular weight is 317 g/mol.